The number of anilines is 1. The Hall–Kier alpha value is -2.82. The first kappa shape index (κ1) is 18.0. The number of hydrogen-bond donors (Lipinski definition) is 2. The summed E-state index contributed by atoms with van der Waals surface area (Å²) < 4.78 is 5.86. The number of rotatable bonds is 8. The lowest BCUT2D eigenvalue weighted by atomic mass is 10.2. The van der Waals surface area contributed by atoms with Crippen LogP contribution in [0.3, 0.4) is 0 Å². The number of carbonyl (C=O) groups is 2. The molecular formula is C21H24N2O3. The van der Waals surface area contributed by atoms with Gasteiger partial charge in [0.2, 0.25) is 11.8 Å². The molecule has 0 heterocycles. The Balaban J connectivity index is 1.58. The van der Waals surface area contributed by atoms with Crippen molar-refractivity contribution < 1.29 is 14.3 Å². The van der Waals surface area contributed by atoms with Crippen LogP contribution in [0.15, 0.2) is 54.6 Å². The van der Waals surface area contributed by atoms with Crippen LogP contribution in [0.5, 0.6) is 11.5 Å². The predicted molar refractivity (Wildman–Crippen MR) is 101 cm³/mol. The Kier molecular flexibility index (Phi) is 5.89. The Bertz CT molecular complexity index is 761. The standard InChI is InChI=1S/C21H24N2O3/c1-2-3-13-22-20(24)16-14-17(16)21(25)23-18-11-7-8-12-19(18)26-15-9-5-4-6-10-15/h4-12,16-17H,2-3,13-14H2,1H3,(H,22,24)(H,23,25). The summed E-state index contributed by atoms with van der Waals surface area (Å²) in [7, 11) is 0. The van der Waals surface area contributed by atoms with Crippen molar-refractivity contribution in [3.05, 3.63) is 54.6 Å². The molecule has 1 saturated carbocycles. The molecule has 0 aliphatic heterocycles. The highest BCUT2D eigenvalue weighted by Crippen LogP contribution is 2.40. The second-order valence-corrected chi connectivity index (χ2v) is 6.49. The van der Waals surface area contributed by atoms with Gasteiger partial charge in [0, 0.05) is 6.54 Å². The van der Waals surface area contributed by atoms with Gasteiger partial charge in [0.1, 0.15) is 5.75 Å². The fraction of sp³-hybridized carbons (Fsp3) is 0.333. The van der Waals surface area contributed by atoms with Gasteiger partial charge < -0.3 is 15.4 Å². The molecule has 2 aromatic carbocycles. The van der Waals surface area contributed by atoms with E-state index >= 15 is 0 Å². The van der Waals surface area contributed by atoms with E-state index < -0.39 is 0 Å². The van der Waals surface area contributed by atoms with Gasteiger partial charge in [-0.25, -0.2) is 0 Å². The minimum Gasteiger partial charge on any atom is -0.455 e. The lowest BCUT2D eigenvalue weighted by Crippen LogP contribution is -2.28. The third-order valence-corrected chi connectivity index (χ3v) is 4.41. The average molecular weight is 352 g/mol. The van der Waals surface area contributed by atoms with Gasteiger partial charge in [-0.05, 0) is 37.1 Å². The number of unbranched alkanes of at least 4 members (excludes halogenated alkanes) is 1. The summed E-state index contributed by atoms with van der Waals surface area (Å²) in [6.45, 7) is 2.75. The van der Waals surface area contributed by atoms with E-state index in [-0.39, 0.29) is 23.7 Å². The third-order valence-electron chi connectivity index (χ3n) is 4.41. The zero-order valence-corrected chi connectivity index (χ0v) is 14.9. The number of ether oxygens (including phenoxy) is 1. The van der Waals surface area contributed by atoms with Crippen molar-refractivity contribution in [1.29, 1.82) is 0 Å². The number of nitrogens with one attached hydrogen (secondary N) is 2. The molecule has 0 spiro atoms. The van der Waals surface area contributed by atoms with Crippen molar-refractivity contribution in [3.63, 3.8) is 0 Å². The third kappa shape index (κ3) is 4.63. The first-order valence-electron chi connectivity index (χ1n) is 9.09. The first-order chi connectivity index (χ1) is 12.7. The maximum atomic E-state index is 12.5. The molecule has 2 atom stereocenters. The van der Waals surface area contributed by atoms with Crippen LogP contribution in [0.2, 0.25) is 0 Å². The van der Waals surface area contributed by atoms with Gasteiger partial charge in [0.25, 0.3) is 0 Å². The van der Waals surface area contributed by atoms with Crippen LogP contribution in [-0.4, -0.2) is 18.4 Å². The van der Waals surface area contributed by atoms with Crippen molar-refractivity contribution in [2.75, 3.05) is 11.9 Å². The molecule has 26 heavy (non-hydrogen) atoms. The number of hydrogen-bond acceptors (Lipinski definition) is 3. The first-order valence-corrected chi connectivity index (χ1v) is 9.09. The smallest absolute Gasteiger partial charge is 0.228 e. The summed E-state index contributed by atoms with van der Waals surface area (Å²) in [5.74, 6) is 0.651. The second kappa shape index (κ2) is 8.52. The SMILES string of the molecule is CCCCNC(=O)C1CC1C(=O)Nc1ccccc1Oc1ccccc1. The van der Waals surface area contributed by atoms with Gasteiger partial charge in [0.05, 0.1) is 17.5 Å². The minimum absolute atomic E-state index is 0.0209. The topological polar surface area (TPSA) is 67.4 Å². The summed E-state index contributed by atoms with van der Waals surface area (Å²) in [6.07, 6.45) is 2.60. The van der Waals surface area contributed by atoms with Crippen LogP contribution in [-0.2, 0) is 9.59 Å². The van der Waals surface area contributed by atoms with Gasteiger partial charge in [-0.3, -0.25) is 9.59 Å². The maximum absolute atomic E-state index is 12.5. The monoisotopic (exact) mass is 352 g/mol. The van der Waals surface area contributed by atoms with E-state index in [1.54, 1.807) is 6.07 Å². The second-order valence-electron chi connectivity index (χ2n) is 6.49. The Morgan fingerprint density at radius 2 is 1.69 bits per heavy atom. The molecule has 2 amide bonds. The molecule has 3 rings (SSSR count). The van der Waals surface area contributed by atoms with E-state index in [9.17, 15) is 9.59 Å². The van der Waals surface area contributed by atoms with Crippen molar-refractivity contribution in [1.82, 2.24) is 5.32 Å². The normalized spacial score (nSPS) is 18.0. The van der Waals surface area contributed by atoms with Crippen LogP contribution in [0.25, 0.3) is 0 Å². The molecule has 0 radical (unpaired) electrons. The van der Waals surface area contributed by atoms with Crippen LogP contribution < -0.4 is 15.4 Å². The zero-order valence-electron chi connectivity index (χ0n) is 14.9. The van der Waals surface area contributed by atoms with E-state index in [1.165, 1.54) is 0 Å². The van der Waals surface area contributed by atoms with E-state index in [4.69, 9.17) is 4.74 Å². The number of para-hydroxylation sites is 3. The van der Waals surface area contributed by atoms with E-state index in [0.717, 1.165) is 12.8 Å². The molecule has 136 valence electrons. The van der Waals surface area contributed by atoms with Crippen LogP contribution >= 0.6 is 0 Å². The molecule has 0 saturated heterocycles. The van der Waals surface area contributed by atoms with Crippen molar-refractivity contribution in [2.45, 2.75) is 26.2 Å². The largest absolute Gasteiger partial charge is 0.455 e. The van der Waals surface area contributed by atoms with Crippen molar-refractivity contribution in [2.24, 2.45) is 11.8 Å². The predicted octanol–water partition coefficient (Wildman–Crippen LogP) is 3.97. The van der Waals surface area contributed by atoms with E-state index in [2.05, 4.69) is 17.6 Å². The molecule has 0 aromatic heterocycles. The summed E-state index contributed by atoms with van der Waals surface area (Å²) in [5, 5.41) is 5.80. The lowest BCUT2D eigenvalue weighted by Gasteiger charge is -2.12. The maximum Gasteiger partial charge on any atom is 0.228 e. The molecule has 1 aliphatic rings. The van der Waals surface area contributed by atoms with E-state index in [0.29, 0.717) is 30.2 Å². The van der Waals surface area contributed by atoms with Crippen LogP contribution in [0.1, 0.15) is 26.2 Å². The van der Waals surface area contributed by atoms with Crippen molar-refractivity contribution in [3.8, 4) is 11.5 Å². The highest BCUT2D eigenvalue weighted by atomic mass is 16.5. The number of amides is 2. The fourth-order valence-electron chi connectivity index (χ4n) is 2.79. The van der Waals surface area contributed by atoms with Gasteiger partial charge in [-0.2, -0.15) is 0 Å². The Morgan fingerprint density at radius 1 is 1.00 bits per heavy atom. The molecule has 1 fully saturated rings. The van der Waals surface area contributed by atoms with E-state index in [1.807, 2.05) is 48.5 Å². The molecule has 2 aromatic rings. The summed E-state index contributed by atoms with van der Waals surface area (Å²) in [6, 6.07) is 16.7. The Labute approximate surface area is 153 Å². The quantitative estimate of drug-likeness (QED) is 0.707. The lowest BCUT2D eigenvalue weighted by molar-refractivity contribution is -0.125. The Morgan fingerprint density at radius 3 is 2.46 bits per heavy atom. The average Bonchev–Trinajstić information content (AvgIpc) is 3.45. The molecule has 1 aliphatic carbocycles. The molecule has 5 heteroatoms. The molecule has 2 N–H and O–H groups in total. The molecule has 0 bridgehead atoms. The van der Waals surface area contributed by atoms with Crippen LogP contribution in [0, 0.1) is 11.8 Å². The summed E-state index contributed by atoms with van der Waals surface area (Å²) in [4.78, 5) is 24.5. The van der Waals surface area contributed by atoms with Gasteiger partial charge in [0.15, 0.2) is 5.75 Å². The molecular weight excluding hydrogens is 328 g/mol. The summed E-state index contributed by atoms with van der Waals surface area (Å²) >= 11 is 0. The number of carbonyl (C=O) groups excluding carboxylic acids is 2. The van der Waals surface area contributed by atoms with Gasteiger partial charge in [-0.1, -0.05) is 43.7 Å². The highest BCUT2D eigenvalue weighted by Gasteiger charge is 2.48. The van der Waals surface area contributed by atoms with Crippen LogP contribution in [0.4, 0.5) is 5.69 Å². The highest BCUT2D eigenvalue weighted by molar-refractivity contribution is 6.00. The fourth-order valence-corrected chi connectivity index (χ4v) is 2.79. The summed E-state index contributed by atoms with van der Waals surface area (Å²) in [5.41, 5.74) is 0.610. The van der Waals surface area contributed by atoms with Crippen molar-refractivity contribution >= 4 is 17.5 Å². The molecule has 5 nitrogen and oxygen atoms in total. The van der Waals surface area contributed by atoms with Gasteiger partial charge in [-0.15, -0.1) is 0 Å². The minimum atomic E-state index is -0.263. The molecule has 2 unspecified atom stereocenters. The zero-order chi connectivity index (χ0) is 18.4. The van der Waals surface area contributed by atoms with Gasteiger partial charge >= 0.3 is 0 Å². The number of benzene rings is 2.